The smallest absolute Gasteiger partial charge is 0.254 e. The van der Waals surface area contributed by atoms with E-state index >= 15 is 0 Å². The van der Waals surface area contributed by atoms with Gasteiger partial charge in [0.15, 0.2) is 5.65 Å². The Balaban J connectivity index is 1.32. The van der Waals surface area contributed by atoms with Crippen molar-refractivity contribution in [1.29, 1.82) is 0 Å². The largest absolute Gasteiger partial charge is 0.391 e. The maximum absolute atomic E-state index is 12.7. The Morgan fingerprint density at radius 2 is 2.06 bits per heavy atom. The van der Waals surface area contributed by atoms with Gasteiger partial charge < -0.3 is 20.6 Å². The molecule has 4 aromatic rings. The molecule has 3 aromatic heterocycles. The summed E-state index contributed by atoms with van der Waals surface area (Å²) in [7, 11) is 0. The number of carbonyl (C=O) groups excluding carboxylic acids is 1. The monoisotopic (exact) mass is 441 g/mol. The van der Waals surface area contributed by atoms with E-state index in [9.17, 15) is 9.90 Å². The maximum Gasteiger partial charge on any atom is 0.254 e. The van der Waals surface area contributed by atoms with Crippen molar-refractivity contribution in [3.63, 3.8) is 0 Å². The number of piperidine rings is 1. The Morgan fingerprint density at radius 1 is 1.12 bits per heavy atom. The first-order valence-electron chi connectivity index (χ1n) is 11.0. The third-order valence-electron chi connectivity index (χ3n) is 6.33. The summed E-state index contributed by atoms with van der Waals surface area (Å²) in [5.41, 5.74) is 5.89. The number of amides is 1. The molecule has 1 atom stereocenters. The Hall–Kier alpha value is -3.98. The minimum Gasteiger partial charge on any atom is -0.391 e. The van der Waals surface area contributed by atoms with Crippen LogP contribution >= 0.6 is 0 Å². The van der Waals surface area contributed by atoms with Gasteiger partial charge in [-0.25, -0.2) is 9.97 Å². The van der Waals surface area contributed by atoms with Gasteiger partial charge in [-0.05, 0) is 36.6 Å². The predicted octanol–water partition coefficient (Wildman–Crippen LogP) is 2.74. The van der Waals surface area contributed by atoms with Gasteiger partial charge >= 0.3 is 0 Å². The number of fused-ring (bicyclic) bond motifs is 2. The van der Waals surface area contributed by atoms with Gasteiger partial charge in [-0.1, -0.05) is 6.07 Å². The van der Waals surface area contributed by atoms with Gasteiger partial charge in [-0.15, -0.1) is 0 Å². The fourth-order valence-electron chi connectivity index (χ4n) is 4.71. The molecule has 33 heavy (non-hydrogen) atoms. The molecule has 1 fully saturated rings. The highest BCUT2D eigenvalue weighted by Gasteiger charge is 2.27. The van der Waals surface area contributed by atoms with Gasteiger partial charge in [0.1, 0.15) is 5.82 Å². The van der Waals surface area contributed by atoms with Crippen LogP contribution in [0.4, 0.5) is 17.2 Å². The molecule has 0 bridgehead atoms. The Bertz CT molecular complexity index is 1350. The van der Waals surface area contributed by atoms with Gasteiger partial charge in [-0.3, -0.25) is 14.2 Å². The summed E-state index contributed by atoms with van der Waals surface area (Å²) in [5.74, 6) is 0.551. The summed E-state index contributed by atoms with van der Waals surface area (Å²) >= 11 is 0. The molecule has 9 nitrogen and oxygen atoms in total. The van der Waals surface area contributed by atoms with E-state index in [1.165, 1.54) is 0 Å². The third kappa shape index (κ3) is 3.46. The first-order chi connectivity index (χ1) is 16.2. The lowest BCUT2D eigenvalue weighted by Gasteiger charge is -2.31. The van der Waals surface area contributed by atoms with Crippen LogP contribution in [0, 0.1) is 0 Å². The molecule has 3 N–H and O–H groups in total. The zero-order valence-corrected chi connectivity index (χ0v) is 17.9. The second-order valence-corrected chi connectivity index (χ2v) is 8.41. The van der Waals surface area contributed by atoms with Crippen LogP contribution in [-0.4, -0.2) is 49.6 Å². The quantitative estimate of drug-likeness (QED) is 0.447. The van der Waals surface area contributed by atoms with Crippen LogP contribution in [0.2, 0.25) is 0 Å². The highest BCUT2D eigenvalue weighted by Crippen LogP contribution is 2.35. The number of rotatable bonds is 4. The lowest BCUT2D eigenvalue weighted by Crippen LogP contribution is -2.38. The van der Waals surface area contributed by atoms with E-state index < -0.39 is 0 Å². The van der Waals surface area contributed by atoms with E-state index in [1.807, 2.05) is 41.1 Å². The number of anilines is 3. The number of aliphatic hydroxyl groups excluding tert-OH is 1. The molecule has 0 saturated carbocycles. The number of nitrogens with one attached hydrogen (secondary N) is 2. The average Bonchev–Trinajstić information content (AvgIpc) is 3.44. The number of aliphatic hydroxyl groups is 1. The summed E-state index contributed by atoms with van der Waals surface area (Å²) < 4.78 is 1.97. The highest BCUT2D eigenvalue weighted by atomic mass is 16.3. The minimum absolute atomic E-state index is 0.108. The van der Waals surface area contributed by atoms with E-state index in [2.05, 4.69) is 30.5 Å². The second kappa shape index (κ2) is 7.86. The number of nitrogens with zero attached hydrogens (tertiary/aromatic N) is 5. The number of benzene rings is 1. The maximum atomic E-state index is 12.7. The molecule has 5 heterocycles. The molecule has 2 aliphatic heterocycles. The predicted molar refractivity (Wildman–Crippen MR) is 125 cm³/mol. The molecule has 166 valence electrons. The van der Waals surface area contributed by atoms with Crippen molar-refractivity contribution in [2.24, 2.45) is 0 Å². The lowest BCUT2D eigenvalue weighted by molar-refractivity contribution is 0.0966. The first kappa shape index (κ1) is 19.7. The molecule has 0 radical (unpaired) electrons. The number of imidazole rings is 1. The summed E-state index contributed by atoms with van der Waals surface area (Å²) in [6.07, 6.45) is 10.4. The van der Waals surface area contributed by atoms with Crippen molar-refractivity contribution in [3.05, 3.63) is 66.4 Å². The van der Waals surface area contributed by atoms with Crippen LogP contribution in [0.5, 0.6) is 0 Å². The molecule has 0 unspecified atom stereocenters. The number of hydrogen-bond donors (Lipinski definition) is 3. The first-order valence-corrected chi connectivity index (χ1v) is 11.0. The van der Waals surface area contributed by atoms with Gasteiger partial charge in [0.25, 0.3) is 5.91 Å². The number of aromatic nitrogens is 4. The van der Waals surface area contributed by atoms with E-state index in [-0.39, 0.29) is 12.0 Å². The molecule has 9 heteroatoms. The lowest BCUT2D eigenvalue weighted by atomic mass is 9.99. The molecule has 2 aliphatic rings. The average molecular weight is 441 g/mol. The summed E-state index contributed by atoms with van der Waals surface area (Å²) in [4.78, 5) is 28.0. The Morgan fingerprint density at radius 3 is 2.91 bits per heavy atom. The molecule has 0 aliphatic carbocycles. The van der Waals surface area contributed by atoms with Gasteiger partial charge in [-0.2, -0.15) is 0 Å². The number of carbonyl (C=O) groups is 1. The molecule has 1 aromatic carbocycles. The number of hydrogen-bond acceptors (Lipinski definition) is 7. The summed E-state index contributed by atoms with van der Waals surface area (Å²) in [5, 5.41) is 16.2. The van der Waals surface area contributed by atoms with Crippen molar-refractivity contribution in [3.8, 4) is 11.3 Å². The summed E-state index contributed by atoms with van der Waals surface area (Å²) in [6, 6.07) is 7.82. The summed E-state index contributed by atoms with van der Waals surface area (Å²) in [6.45, 7) is 2.00. The van der Waals surface area contributed by atoms with Crippen LogP contribution in [0.25, 0.3) is 16.9 Å². The SMILES string of the molecule is O=C1NCc2c(-c3cnc4cnccn34)ccc(Nc3ccc(N4CCC[C@H](O)C4)cn3)c21. The second-order valence-electron chi connectivity index (χ2n) is 8.41. The molecular formula is C24H23N7O2. The van der Waals surface area contributed by atoms with Gasteiger partial charge in [0, 0.05) is 37.6 Å². The Kier molecular flexibility index (Phi) is 4.69. The fraction of sp³-hybridized carbons (Fsp3) is 0.250. The van der Waals surface area contributed by atoms with Crippen LogP contribution in [0.15, 0.2) is 55.2 Å². The fourth-order valence-corrected chi connectivity index (χ4v) is 4.71. The van der Waals surface area contributed by atoms with Crippen LogP contribution in [0.1, 0.15) is 28.8 Å². The highest BCUT2D eigenvalue weighted by molar-refractivity contribution is 6.06. The van der Waals surface area contributed by atoms with E-state index in [0.717, 1.165) is 47.5 Å². The van der Waals surface area contributed by atoms with E-state index in [0.29, 0.717) is 30.2 Å². The molecule has 0 spiro atoms. The van der Waals surface area contributed by atoms with Crippen LogP contribution < -0.4 is 15.5 Å². The number of β-amino-alcohol motifs (C(OH)–C–C–N with tert-alkyl or cyclic N) is 1. The van der Waals surface area contributed by atoms with Crippen molar-refractivity contribution >= 4 is 28.7 Å². The van der Waals surface area contributed by atoms with E-state index in [1.54, 1.807) is 18.6 Å². The normalized spacial score (nSPS) is 17.8. The number of pyridine rings is 1. The zero-order chi connectivity index (χ0) is 22.4. The molecule has 6 rings (SSSR count). The zero-order valence-electron chi connectivity index (χ0n) is 17.9. The topological polar surface area (TPSA) is 108 Å². The van der Waals surface area contributed by atoms with Crippen LogP contribution in [-0.2, 0) is 6.54 Å². The molecule has 1 saturated heterocycles. The van der Waals surface area contributed by atoms with Crippen molar-refractivity contribution < 1.29 is 9.90 Å². The van der Waals surface area contributed by atoms with E-state index in [4.69, 9.17) is 0 Å². The van der Waals surface area contributed by atoms with Crippen LogP contribution in [0.3, 0.4) is 0 Å². The van der Waals surface area contributed by atoms with Crippen molar-refractivity contribution in [1.82, 2.24) is 24.7 Å². The molecular weight excluding hydrogens is 418 g/mol. The standard InChI is InChI=1S/C24H23N7O2/c32-16-2-1-8-30(14-16)15-3-6-21(26-10-15)29-19-5-4-17(18-11-28-24(33)23(18)19)20-12-27-22-13-25-7-9-31(20)22/h3-7,9-10,12-13,16,32H,1-2,8,11,14H2,(H,26,29)(H,28,33)/t16-/m0/s1. The van der Waals surface area contributed by atoms with Gasteiger partial charge in [0.2, 0.25) is 0 Å². The Labute approximate surface area is 190 Å². The van der Waals surface area contributed by atoms with Gasteiger partial charge in [0.05, 0.1) is 47.3 Å². The third-order valence-corrected chi connectivity index (χ3v) is 6.33. The molecule has 1 amide bonds. The van der Waals surface area contributed by atoms with Crippen molar-refractivity contribution in [2.45, 2.75) is 25.5 Å². The van der Waals surface area contributed by atoms with Crippen molar-refractivity contribution in [2.75, 3.05) is 23.3 Å². The minimum atomic E-state index is -0.291.